The monoisotopic (exact) mass is 278 g/mol. The lowest BCUT2D eigenvalue weighted by Crippen LogP contribution is -2.41. The number of benzene rings is 1. The summed E-state index contributed by atoms with van der Waals surface area (Å²) in [5, 5.41) is 14.9. The number of hydrogen-bond acceptors (Lipinski definition) is 4. The van der Waals surface area contributed by atoms with E-state index in [9.17, 15) is 9.59 Å². The first-order valence-electron chi connectivity index (χ1n) is 6.57. The fourth-order valence-electron chi connectivity index (χ4n) is 2.24. The van der Waals surface area contributed by atoms with Crippen LogP contribution in [0.3, 0.4) is 0 Å². The predicted molar refractivity (Wildman–Crippen MR) is 73.8 cm³/mol. The van der Waals surface area contributed by atoms with Crippen LogP contribution in [0.1, 0.15) is 17.3 Å². The van der Waals surface area contributed by atoms with Crippen LogP contribution >= 0.6 is 0 Å². The first-order chi connectivity index (χ1) is 9.61. The maximum Gasteiger partial charge on any atom is 0.335 e. The molecule has 2 rings (SSSR count). The molecule has 6 nitrogen and oxygen atoms in total. The van der Waals surface area contributed by atoms with Gasteiger partial charge in [-0.1, -0.05) is 13.0 Å². The van der Waals surface area contributed by atoms with Crippen molar-refractivity contribution >= 4 is 17.6 Å². The number of nitrogens with one attached hydrogen (secondary N) is 2. The summed E-state index contributed by atoms with van der Waals surface area (Å²) in [4.78, 5) is 23.1. The van der Waals surface area contributed by atoms with Gasteiger partial charge in [0, 0.05) is 11.7 Å². The molecule has 2 atom stereocenters. The first-order valence-corrected chi connectivity index (χ1v) is 6.57. The summed E-state index contributed by atoms with van der Waals surface area (Å²) in [5.74, 6) is -1.43. The van der Waals surface area contributed by atoms with Gasteiger partial charge in [-0.15, -0.1) is 0 Å². The molecule has 3 N–H and O–H groups in total. The van der Waals surface area contributed by atoms with Crippen LogP contribution in [0.25, 0.3) is 0 Å². The molecule has 1 aromatic carbocycles. The number of carbonyl (C=O) groups excluding carboxylic acids is 1. The maximum absolute atomic E-state index is 12.2. The minimum absolute atomic E-state index is 0.00246. The summed E-state index contributed by atoms with van der Waals surface area (Å²) in [6, 6.07) is 6.20. The van der Waals surface area contributed by atoms with Crippen LogP contribution < -0.4 is 10.6 Å². The minimum Gasteiger partial charge on any atom is -0.478 e. The third-order valence-corrected chi connectivity index (χ3v) is 3.26. The molecule has 1 aliphatic heterocycles. The van der Waals surface area contributed by atoms with E-state index in [0.717, 1.165) is 6.54 Å². The van der Waals surface area contributed by atoms with Gasteiger partial charge in [-0.25, -0.2) is 4.79 Å². The highest BCUT2D eigenvalue weighted by Gasteiger charge is 2.33. The van der Waals surface area contributed by atoms with Crippen molar-refractivity contribution in [1.29, 1.82) is 0 Å². The van der Waals surface area contributed by atoms with Crippen LogP contribution in [0.2, 0.25) is 0 Å². The third-order valence-electron chi connectivity index (χ3n) is 3.26. The van der Waals surface area contributed by atoms with E-state index in [0.29, 0.717) is 18.9 Å². The summed E-state index contributed by atoms with van der Waals surface area (Å²) in [6.45, 7) is 3.64. The Hall–Kier alpha value is -1.92. The number of hydrogen-bond donors (Lipinski definition) is 3. The zero-order valence-electron chi connectivity index (χ0n) is 11.3. The Morgan fingerprint density at radius 1 is 1.40 bits per heavy atom. The number of aromatic carboxylic acids is 1. The van der Waals surface area contributed by atoms with Crippen LogP contribution in [0, 0.1) is 5.92 Å². The summed E-state index contributed by atoms with van der Waals surface area (Å²) in [5.41, 5.74) is 0.630. The molecule has 0 radical (unpaired) electrons. The van der Waals surface area contributed by atoms with E-state index in [4.69, 9.17) is 9.84 Å². The van der Waals surface area contributed by atoms with Crippen molar-refractivity contribution in [3.63, 3.8) is 0 Å². The van der Waals surface area contributed by atoms with Gasteiger partial charge in [0.15, 0.2) is 0 Å². The van der Waals surface area contributed by atoms with Crippen LogP contribution in [0.15, 0.2) is 24.3 Å². The average molecular weight is 278 g/mol. The smallest absolute Gasteiger partial charge is 0.335 e. The molecule has 1 aromatic rings. The Balaban J connectivity index is 2.04. The van der Waals surface area contributed by atoms with Gasteiger partial charge in [0.05, 0.1) is 24.7 Å². The standard InChI is InChI=1S/C14H18N2O4/c1-2-15-12-8-20-7-11(12)13(17)16-10-5-3-4-9(6-10)14(18)19/h3-6,11-12,15H,2,7-8H2,1H3,(H,16,17)(H,18,19). The van der Waals surface area contributed by atoms with Gasteiger partial charge >= 0.3 is 5.97 Å². The molecule has 6 heteroatoms. The number of amides is 1. The van der Waals surface area contributed by atoms with Gasteiger partial charge < -0.3 is 20.5 Å². The second-order valence-corrected chi connectivity index (χ2v) is 4.68. The van der Waals surface area contributed by atoms with Gasteiger partial charge in [-0.2, -0.15) is 0 Å². The zero-order valence-corrected chi connectivity index (χ0v) is 11.3. The molecule has 1 saturated heterocycles. The average Bonchev–Trinajstić information content (AvgIpc) is 2.88. The first kappa shape index (κ1) is 14.5. The second kappa shape index (κ2) is 6.49. The van der Waals surface area contributed by atoms with Gasteiger partial charge in [0.1, 0.15) is 0 Å². The highest BCUT2D eigenvalue weighted by Crippen LogP contribution is 2.17. The molecule has 108 valence electrons. The van der Waals surface area contributed by atoms with E-state index in [1.165, 1.54) is 12.1 Å². The normalized spacial score (nSPS) is 21.6. The molecule has 0 bridgehead atoms. The van der Waals surface area contributed by atoms with Crippen molar-refractivity contribution in [2.45, 2.75) is 13.0 Å². The third kappa shape index (κ3) is 3.34. The van der Waals surface area contributed by atoms with E-state index >= 15 is 0 Å². The Labute approximate surface area is 117 Å². The molecule has 1 heterocycles. The number of carboxylic acid groups (broad SMARTS) is 1. The fraction of sp³-hybridized carbons (Fsp3) is 0.429. The van der Waals surface area contributed by atoms with Crippen LogP contribution in [-0.4, -0.2) is 42.8 Å². The van der Waals surface area contributed by atoms with E-state index in [-0.39, 0.29) is 23.4 Å². The van der Waals surface area contributed by atoms with E-state index in [1.807, 2.05) is 6.92 Å². The SMILES string of the molecule is CCNC1COCC1C(=O)Nc1cccc(C(=O)O)c1. The lowest BCUT2D eigenvalue weighted by Gasteiger charge is -2.17. The molecule has 0 aromatic heterocycles. The number of likely N-dealkylation sites (N-methyl/N-ethyl adjacent to an activating group) is 1. The van der Waals surface area contributed by atoms with Gasteiger partial charge in [0.25, 0.3) is 0 Å². The molecular formula is C14H18N2O4. The number of carboxylic acids is 1. The van der Waals surface area contributed by atoms with E-state index in [1.54, 1.807) is 12.1 Å². The zero-order chi connectivity index (χ0) is 14.5. The number of rotatable bonds is 5. The van der Waals surface area contributed by atoms with Crippen LogP contribution in [0.5, 0.6) is 0 Å². The van der Waals surface area contributed by atoms with Crippen molar-refractivity contribution in [2.24, 2.45) is 5.92 Å². The van der Waals surface area contributed by atoms with Gasteiger partial charge in [-0.05, 0) is 24.7 Å². The van der Waals surface area contributed by atoms with Crippen molar-refractivity contribution in [1.82, 2.24) is 5.32 Å². The largest absolute Gasteiger partial charge is 0.478 e. The van der Waals surface area contributed by atoms with Crippen molar-refractivity contribution in [3.05, 3.63) is 29.8 Å². The molecule has 0 saturated carbocycles. The van der Waals surface area contributed by atoms with Crippen molar-refractivity contribution in [3.8, 4) is 0 Å². The Morgan fingerprint density at radius 2 is 2.20 bits per heavy atom. The lowest BCUT2D eigenvalue weighted by atomic mass is 10.0. The Kier molecular flexibility index (Phi) is 4.70. The number of carbonyl (C=O) groups is 2. The summed E-state index contributed by atoms with van der Waals surface area (Å²) >= 11 is 0. The molecule has 20 heavy (non-hydrogen) atoms. The summed E-state index contributed by atoms with van der Waals surface area (Å²) in [7, 11) is 0. The van der Waals surface area contributed by atoms with E-state index < -0.39 is 5.97 Å². The van der Waals surface area contributed by atoms with Crippen molar-refractivity contribution in [2.75, 3.05) is 25.1 Å². The molecule has 1 amide bonds. The second-order valence-electron chi connectivity index (χ2n) is 4.68. The maximum atomic E-state index is 12.2. The van der Waals surface area contributed by atoms with Gasteiger partial charge in [0.2, 0.25) is 5.91 Å². The molecule has 2 unspecified atom stereocenters. The minimum atomic E-state index is -1.02. The molecule has 1 aliphatic rings. The number of ether oxygens (including phenoxy) is 1. The Bertz CT molecular complexity index is 504. The molecule has 1 fully saturated rings. The topological polar surface area (TPSA) is 87.7 Å². The highest BCUT2D eigenvalue weighted by atomic mass is 16.5. The highest BCUT2D eigenvalue weighted by molar-refractivity contribution is 5.95. The fourth-order valence-corrected chi connectivity index (χ4v) is 2.24. The van der Waals surface area contributed by atoms with Gasteiger partial charge in [-0.3, -0.25) is 4.79 Å². The lowest BCUT2D eigenvalue weighted by molar-refractivity contribution is -0.120. The van der Waals surface area contributed by atoms with E-state index in [2.05, 4.69) is 10.6 Å². The molecule has 0 spiro atoms. The molecular weight excluding hydrogens is 260 g/mol. The quantitative estimate of drug-likeness (QED) is 0.746. The predicted octanol–water partition coefficient (Wildman–Crippen LogP) is 0.948. The van der Waals surface area contributed by atoms with Crippen molar-refractivity contribution < 1.29 is 19.4 Å². The van der Waals surface area contributed by atoms with Crippen LogP contribution in [0.4, 0.5) is 5.69 Å². The summed E-state index contributed by atoms with van der Waals surface area (Å²) < 4.78 is 5.33. The van der Waals surface area contributed by atoms with Crippen LogP contribution in [-0.2, 0) is 9.53 Å². The Morgan fingerprint density at radius 3 is 2.90 bits per heavy atom. The number of anilines is 1. The summed E-state index contributed by atoms with van der Waals surface area (Å²) in [6.07, 6.45) is 0. The molecule has 0 aliphatic carbocycles.